The zero-order valence-electron chi connectivity index (χ0n) is 9.39. The molecule has 2 saturated heterocycles. The molecule has 16 heavy (non-hydrogen) atoms. The Hall–Kier alpha value is -1.36. The molecule has 1 aromatic rings. The van der Waals surface area contributed by atoms with Crippen molar-refractivity contribution in [2.45, 2.75) is 0 Å². The van der Waals surface area contributed by atoms with E-state index >= 15 is 0 Å². The van der Waals surface area contributed by atoms with Crippen LogP contribution in [0.1, 0.15) is 0 Å². The quantitative estimate of drug-likeness (QED) is 0.689. The Kier molecular flexibility index (Phi) is 2.21. The van der Waals surface area contributed by atoms with Crippen LogP contribution < -0.4 is 15.8 Å². The van der Waals surface area contributed by atoms with Crippen LogP contribution in [0.5, 0.6) is 0 Å². The molecule has 3 rings (SSSR count). The average molecular weight is 220 g/mol. The molecule has 0 aliphatic carbocycles. The van der Waals surface area contributed by atoms with Crippen LogP contribution in [-0.2, 0) is 7.05 Å². The zero-order chi connectivity index (χ0) is 11.1. The molecule has 0 saturated carbocycles. The monoisotopic (exact) mass is 220 g/mol. The first-order chi connectivity index (χ1) is 7.75. The Labute approximate surface area is 94.1 Å². The molecule has 2 fully saturated rings. The van der Waals surface area contributed by atoms with E-state index < -0.39 is 0 Å². The van der Waals surface area contributed by atoms with Crippen molar-refractivity contribution in [2.75, 3.05) is 31.1 Å². The molecule has 0 aromatic carbocycles. The van der Waals surface area contributed by atoms with Crippen molar-refractivity contribution in [3.63, 3.8) is 0 Å². The SMILES string of the molecule is Cn1ccnc(N2CC3CNCC3C2)c1=O. The van der Waals surface area contributed by atoms with E-state index in [1.165, 1.54) is 0 Å². The van der Waals surface area contributed by atoms with Crippen LogP contribution in [-0.4, -0.2) is 35.7 Å². The van der Waals surface area contributed by atoms with Crippen LogP contribution >= 0.6 is 0 Å². The summed E-state index contributed by atoms with van der Waals surface area (Å²) in [5, 5.41) is 3.39. The molecule has 5 nitrogen and oxygen atoms in total. The molecule has 0 amide bonds. The maximum absolute atomic E-state index is 11.9. The smallest absolute Gasteiger partial charge is 0.293 e. The summed E-state index contributed by atoms with van der Waals surface area (Å²) >= 11 is 0. The van der Waals surface area contributed by atoms with Crippen LogP contribution in [0.15, 0.2) is 17.2 Å². The summed E-state index contributed by atoms with van der Waals surface area (Å²) in [7, 11) is 1.77. The van der Waals surface area contributed by atoms with Gasteiger partial charge in [-0.2, -0.15) is 0 Å². The van der Waals surface area contributed by atoms with Crippen molar-refractivity contribution in [1.29, 1.82) is 0 Å². The lowest BCUT2D eigenvalue weighted by molar-refractivity contribution is 0.533. The van der Waals surface area contributed by atoms with E-state index in [9.17, 15) is 4.79 Å². The standard InChI is InChI=1S/C11H16N4O/c1-14-3-2-13-10(11(14)16)15-6-8-4-12-5-9(8)7-15/h2-3,8-9,12H,4-7H2,1H3. The largest absolute Gasteiger partial charge is 0.351 e. The number of hydrogen-bond acceptors (Lipinski definition) is 4. The van der Waals surface area contributed by atoms with Crippen molar-refractivity contribution in [1.82, 2.24) is 14.9 Å². The van der Waals surface area contributed by atoms with Gasteiger partial charge in [0.15, 0.2) is 5.82 Å². The van der Waals surface area contributed by atoms with Crippen LogP contribution in [0, 0.1) is 11.8 Å². The fraction of sp³-hybridized carbons (Fsp3) is 0.636. The topological polar surface area (TPSA) is 50.2 Å². The lowest BCUT2D eigenvalue weighted by atomic mass is 10.0. The number of aromatic nitrogens is 2. The van der Waals surface area contributed by atoms with Gasteiger partial charge in [-0.3, -0.25) is 4.79 Å². The summed E-state index contributed by atoms with van der Waals surface area (Å²) in [6.07, 6.45) is 3.40. The second-order valence-electron chi connectivity index (χ2n) is 4.75. The molecular formula is C11H16N4O. The summed E-state index contributed by atoms with van der Waals surface area (Å²) < 4.78 is 1.59. The van der Waals surface area contributed by atoms with E-state index in [1.807, 2.05) is 0 Å². The van der Waals surface area contributed by atoms with Crippen molar-refractivity contribution >= 4 is 5.82 Å². The van der Waals surface area contributed by atoms with E-state index in [-0.39, 0.29) is 5.56 Å². The molecule has 1 N–H and O–H groups in total. The third-order valence-electron chi connectivity index (χ3n) is 3.69. The maximum Gasteiger partial charge on any atom is 0.293 e. The Morgan fingerprint density at radius 2 is 2.06 bits per heavy atom. The van der Waals surface area contributed by atoms with Crippen LogP contribution in [0.25, 0.3) is 0 Å². The second kappa shape index (κ2) is 3.59. The van der Waals surface area contributed by atoms with E-state index in [0.717, 1.165) is 26.2 Å². The first-order valence-electron chi connectivity index (χ1n) is 5.73. The molecule has 0 spiro atoms. The number of aryl methyl sites for hydroxylation is 1. The van der Waals surface area contributed by atoms with Crippen LogP contribution in [0.3, 0.4) is 0 Å². The van der Waals surface area contributed by atoms with Gasteiger partial charge in [0.1, 0.15) is 0 Å². The summed E-state index contributed by atoms with van der Waals surface area (Å²) in [6, 6.07) is 0. The van der Waals surface area contributed by atoms with Crippen LogP contribution in [0.2, 0.25) is 0 Å². The van der Waals surface area contributed by atoms with Crippen LogP contribution in [0.4, 0.5) is 5.82 Å². The van der Waals surface area contributed by atoms with Crippen molar-refractivity contribution in [3.8, 4) is 0 Å². The first-order valence-corrected chi connectivity index (χ1v) is 5.73. The van der Waals surface area contributed by atoms with E-state index in [1.54, 1.807) is 24.0 Å². The lowest BCUT2D eigenvalue weighted by Gasteiger charge is -2.17. The van der Waals surface area contributed by atoms with Gasteiger partial charge < -0.3 is 14.8 Å². The molecule has 5 heteroatoms. The summed E-state index contributed by atoms with van der Waals surface area (Å²) in [5.41, 5.74) is 0.00966. The first kappa shape index (κ1) is 9.84. The number of rotatable bonds is 1. The molecule has 2 aliphatic rings. The fourth-order valence-corrected chi connectivity index (χ4v) is 2.73. The van der Waals surface area contributed by atoms with E-state index in [0.29, 0.717) is 17.7 Å². The average Bonchev–Trinajstić information content (AvgIpc) is 2.81. The molecule has 0 bridgehead atoms. The number of anilines is 1. The van der Waals surface area contributed by atoms with Gasteiger partial charge in [-0.15, -0.1) is 0 Å². The molecule has 3 heterocycles. The van der Waals surface area contributed by atoms with Crippen molar-refractivity contribution in [3.05, 3.63) is 22.7 Å². The highest BCUT2D eigenvalue weighted by molar-refractivity contribution is 5.38. The molecule has 2 atom stereocenters. The Balaban J connectivity index is 1.89. The molecular weight excluding hydrogens is 204 g/mol. The second-order valence-corrected chi connectivity index (χ2v) is 4.75. The Bertz CT molecular complexity index is 444. The van der Waals surface area contributed by atoms with E-state index in [2.05, 4.69) is 15.2 Å². The Morgan fingerprint density at radius 1 is 1.38 bits per heavy atom. The predicted molar refractivity (Wildman–Crippen MR) is 61.5 cm³/mol. The lowest BCUT2D eigenvalue weighted by Crippen LogP contribution is -2.33. The van der Waals surface area contributed by atoms with Gasteiger partial charge in [0, 0.05) is 45.6 Å². The molecule has 2 aliphatic heterocycles. The molecule has 1 aromatic heterocycles. The van der Waals surface area contributed by atoms with Gasteiger partial charge in [0.25, 0.3) is 5.56 Å². The minimum atomic E-state index is 0.00966. The normalized spacial score (nSPS) is 28.4. The molecule has 0 radical (unpaired) electrons. The fourth-order valence-electron chi connectivity index (χ4n) is 2.73. The number of nitrogens with one attached hydrogen (secondary N) is 1. The predicted octanol–water partition coefficient (Wildman–Crippen LogP) is -0.564. The highest BCUT2D eigenvalue weighted by Gasteiger charge is 2.37. The van der Waals surface area contributed by atoms with Crippen molar-refractivity contribution < 1.29 is 0 Å². The summed E-state index contributed by atoms with van der Waals surface area (Å²) in [5.74, 6) is 1.98. The minimum Gasteiger partial charge on any atom is -0.351 e. The number of fused-ring (bicyclic) bond motifs is 1. The van der Waals surface area contributed by atoms with Crippen molar-refractivity contribution in [2.24, 2.45) is 18.9 Å². The number of hydrogen-bond donors (Lipinski definition) is 1. The molecule has 2 unspecified atom stereocenters. The van der Waals surface area contributed by atoms with Gasteiger partial charge in [0.05, 0.1) is 0 Å². The maximum atomic E-state index is 11.9. The zero-order valence-corrected chi connectivity index (χ0v) is 9.39. The highest BCUT2D eigenvalue weighted by Crippen LogP contribution is 2.27. The highest BCUT2D eigenvalue weighted by atomic mass is 16.1. The third-order valence-corrected chi connectivity index (χ3v) is 3.69. The van der Waals surface area contributed by atoms with Gasteiger partial charge in [-0.25, -0.2) is 4.98 Å². The number of nitrogens with zero attached hydrogens (tertiary/aromatic N) is 3. The van der Waals surface area contributed by atoms with Gasteiger partial charge >= 0.3 is 0 Å². The summed E-state index contributed by atoms with van der Waals surface area (Å²) in [4.78, 5) is 18.3. The molecule has 86 valence electrons. The Morgan fingerprint density at radius 3 is 2.75 bits per heavy atom. The van der Waals surface area contributed by atoms with Gasteiger partial charge in [0.2, 0.25) is 0 Å². The summed E-state index contributed by atoms with van der Waals surface area (Å²) in [6.45, 7) is 4.08. The third kappa shape index (κ3) is 1.43. The van der Waals surface area contributed by atoms with Gasteiger partial charge in [-0.05, 0) is 11.8 Å². The van der Waals surface area contributed by atoms with E-state index in [4.69, 9.17) is 0 Å². The van der Waals surface area contributed by atoms with Gasteiger partial charge in [-0.1, -0.05) is 0 Å². The minimum absolute atomic E-state index is 0.00966.